The zero-order valence-corrected chi connectivity index (χ0v) is 35.3. The molecule has 63 heavy (non-hydrogen) atoms. The van der Waals surface area contributed by atoms with Crippen LogP contribution in [-0.2, 0) is 5.41 Å². The maximum Gasteiger partial charge on any atom is 0.0714 e. The van der Waals surface area contributed by atoms with Gasteiger partial charge in [-0.2, -0.15) is 0 Å². The van der Waals surface area contributed by atoms with Gasteiger partial charge in [0.05, 0.1) is 15.8 Å². The molecule has 1 aliphatic rings. The first-order valence-electron chi connectivity index (χ1n) is 21.7. The third kappa shape index (κ3) is 6.06. The summed E-state index contributed by atoms with van der Waals surface area (Å²) in [6, 6.07) is 91.2. The number of anilines is 3. The summed E-state index contributed by atoms with van der Waals surface area (Å²) >= 11 is 1.92. The van der Waals surface area contributed by atoms with Crippen LogP contribution in [0.3, 0.4) is 0 Å². The summed E-state index contributed by atoms with van der Waals surface area (Å²) in [6.07, 6.45) is 0. The van der Waals surface area contributed by atoms with E-state index in [1.54, 1.807) is 0 Å². The van der Waals surface area contributed by atoms with Gasteiger partial charge in [-0.1, -0.05) is 212 Å². The molecule has 1 heterocycles. The number of rotatable bonds is 8. The SMILES string of the molecule is c1ccc(-c2ccc(N(c3ccc(-c4cccc(-c5ccccc5)c4)cc3)c3cccc4c3sc3c5c(ccc34)C(c3ccccc3)(c3ccccc3)c3ccccc3-5)cc2)cc1. The Kier molecular flexibility index (Phi) is 8.98. The van der Waals surface area contributed by atoms with Crippen molar-refractivity contribution < 1.29 is 0 Å². The molecule has 0 saturated carbocycles. The van der Waals surface area contributed by atoms with Gasteiger partial charge in [0.25, 0.3) is 0 Å². The summed E-state index contributed by atoms with van der Waals surface area (Å²) in [5, 5.41) is 2.56. The van der Waals surface area contributed by atoms with Crippen molar-refractivity contribution in [2.45, 2.75) is 5.41 Å². The van der Waals surface area contributed by atoms with Crippen molar-refractivity contribution in [1.29, 1.82) is 0 Å². The van der Waals surface area contributed by atoms with Crippen molar-refractivity contribution in [3.8, 4) is 44.5 Å². The van der Waals surface area contributed by atoms with Crippen molar-refractivity contribution in [2.24, 2.45) is 0 Å². The van der Waals surface area contributed by atoms with Crippen LogP contribution in [0.15, 0.2) is 249 Å². The summed E-state index contributed by atoms with van der Waals surface area (Å²) in [5.74, 6) is 0. The van der Waals surface area contributed by atoms with E-state index in [1.807, 2.05) is 11.3 Å². The topological polar surface area (TPSA) is 3.24 Å². The molecular weight excluding hydrogens is 779 g/mol. The Labute approximate surface area is 372 Å². The molecule has 10 aromatic carbocycles. The van der Waals surface area contributed by atoms with E-state index in [4.69, 9.17) is 0 Å². The maximum absolute atomic E-state index is 2.45. The monoisotopic (exact) mass is 819 g/mol. The van der Waals surface area contributed by atoms with Crippen LogP contribution in [0.1, 0.15) is 22.3 Å². The highest BCUT2D eigenvalue weighted by Crippen LogP contribution is 2.59. The number of nitrogens with zero attached hydrogens (tertiary/aromatic N) is 1. The normalized spacial score (nSPS) is 12.6. The van der Waals surface area contributed by atoms with Crippen molar-refractivity contribution in [1.82, 2.24) is 0 Å². The number of hydrogen-bond acceptors (Lipinski definition) is 2. The third-order valence-corrected chi connectivity index (χ3v) is 14.2. The first-order valence-corrected chi connectivity index (χ1v) is 22.5. The predicted octanol–water partition coefficient (Wildman–Crippen LogP) is 16.9. The lowest BCUT2D eigenvalue weighted by Gasteiger charge is -2.33. The first-order chi connectivity index (χ1) is 31.3. The van der Waals surface area contributed by atoms with Crippen LogP contribution in [-0.4, -0.2) is 0 Å². The van der Waals surface area contributed by atoms with E-state index in [9.17, 15) is 0 Å². The number of hydrogen-bond donors (Lipinski definition) is 0. The Morgan fingerprint density at radius 2 is 0.778 bits per heavy atom. The third-order valence-electron chi connectivity index (χ3n) is 13.0. The average Bonchev–Trinajstić information content (AvgIpc) is 3.90. The largest absolute Gasteiger partial charge is 0.309 e. The lowest BCUT2D eigenvalue weighted by atomic mass is 9.68. The fraction of sp³-hybridized carbons (Fsp3) is 0.0164. The van der Waals surface area contributed by atoms with E-state index >= 15 is 0 Å². The summed E-state index contributed by atoms with van der Waals surface area (Å²) in [7, 11) is 0. The second kappa shape index (κ2) is 15.3. The van der Waals surface area contributed by atoms with E-state index in [0.717, 1.165) is 17.1 Å². The predicted molar refractivity (Wildman–Crippen MR) is 268 cm³/mol. The fourth-order valence-electron chi connectivity index (χ4n) is 10.1. The second-order valence-electron chi connectivity index (χ2n) is 16.4. The van der Waals surface area contributed by atoms with Gasteiger partial charge in [-0.25, -0.2) is 0 Å². The van der Waals surface area contributed by atoms with Gasteiger partial charge in [-0.15, -0.1) is 11.3 Å². The summed E-state index contributed by atoms with van der Waals surface area (Å²) in [6.45, 7) is 0. The Morgan fingerprint density at radius 1 is 0.317 bits per heavy atom. The van der Waals surface area contributed by atoms with Crippen LogP contribution in [0.5, 0.6) is 0 Å². The molecule has 11 aromatic rings. The Bertz CT molecular complexity index is 3370. The molecule has 0 atom stereocenters. The van der Waals surface area contributed by atoms with Gasteiger partial charge in [0.15, 0.2) is 0 Å². The molecule has 0 radical (unpaired) electrons. The van der Waals surface area contributed by atoms with E-state index in [1.165, 1.54) is 86.9 Å². The molecule has 296 valence electrons. The molecule has 0 amide bonds. The zero-order valence-electron chi connectivity index (χ0n) is 34.5. The van der Waals surface area contributed by atoms with E-state index in [-0.39, 0.29) is 0 Å². The Balaban J connectivity index is 1.05. The van der Waals surface area contributed by atoms with Crippen molar-refractivity contribution in [3.63, 3.8) is 0 Å². The summed E-state index contributed by atoms with van der Waals surface area (Å²) in [5.41, 5.74) is 18.0. The van der Waals surface area contributed by atoms with Gasteiger partial charge in [-0.05, 0) is 97.6 Å². The number of benzene rings is 10. The van der Waals surface area contributed by atoms with Crippen LogP contribution in [0, 0.1) is 0 Å². The van der Waals surface area contributed by atoms with E-state index in [0.29, 0.717) is 0 Å². The lowest BCUT2D eigenvalue weighted by Crippen LogP contribution is -2.28. The molecule has 1 aromatic heterocycles. The van der Waals surface area contributed by atoms with Gasteiger partial charge in [-0.3, -0.25) is 0 Å². The standard InChI is InChI=1S/C61H41NS/c1-5-17-42(18-6-1)44-31-35-50(36-32-44)62(51-37-33-45(34-38-51)47-22-15-21-46(41-47)43-19-7-2-8-20-43)57-30-16-28-52-53-39-40-56-58(60(53)63-59(52)57)54-27-13-14-29-55(54)61(56,48-23-9-3-10-24-48)49-25-11-4-12-26-49/h1-41H. The second-order valence-corrected chi connectivity index (χ2v) is 17.4. The van der Waals surface area contributed by atoms with Crippen LogP contribution < -0.4 is 4.90 Å². The molecular formula is C61H41NS. The quantitative estimate of drug-likeness (QED) is 0.148. The van der Waals surface area contributed by atoms with Gasteiger partial charge in [0, 0.05) is 32.4 Å². The molecule has 0 N–H and O–H groups in total. The molecule has 0 aliphatic heterocycles. The van der Waals surface area contributed by atoms with Crippen LogP contribution in [0.4, 0.5) is 17.1 Å². The average molecular weight is 820 g/mol. The lowest BCUT2D eigenvalue weighted by molar-refractivity contribution is 0.769. The van der Waals surface area contributed by atoms with Gasteiger partial charge in [0.1, 0.15) is 0 Å². The van der Waals surface area contributed by atoms with Crippen molar-refractivity contribution in [3.05, 3.63) is 271 Å². The van der Waals surface area contributed by atoms with Gasteiger partial charge in [0.2, 0.25) is 0 Å². The minimum Gasteiger partial charge on any atom is -0.309 e. The maximum atomic E-state index is 2.45. The molecule has 12 rings (SSSR count). The van der Waals surface area contributed by atoms with E-state index in [2.05, 4.69) is 254 Å². The smallest absolute Gasteiger partial charge is 0.0714 e. The summed E-state index contributed by atoms with van der Waals surface area (Å²) in [4.78, 5) is 2.45. The summed E-state index contributed by atoms with van der Waals surface area (Å²) < 4.78 is 2.59. The van der Waals surface area contributed by atoms with Crippen LogP contribution in [0.2, 0.25) is 0 Å². The van der Waals surface area contributed by atoms with Crippen LogP contribution >= 0.6 is 11.3 Å². The molecule has 2 heteroatoms. The minimum atomic E-state index is -0.448. The van der Waals surface area contributed by atoms with Gasteiger partial charge < -0.3 is 4.90 Å². The molecule has 0 saturated heterocycles. The minimum absolute atomic E-state index is 0.448. The van der Waals surface area contributed by atoms with Crippen LogP contribution in [0.25, 0.3) is 64.7 Å². The fourth-order valence-corrected chi connectivity index (χ4v) is 11.5. The molecule has 1 aliphatic carbocycles. The highest BCUT2D eigenvalue weighted by atomic mass is 32.1. The van der Waals surface area contributed by atoms with Gasteiger partial charge >= 0.3 is 0 Å². The highest BCUT2D eigenvalue weighted by Gasteiger charge is 2.46. The van der Waals surface area contributed by atoms with Crippen molar-refractivity contribution in [2.75, 3.05) is 4.90 Å². The highest BCUT2D eigenvalue weighted by molar-refractivity contribution is 7.27. The molecule has 0 unspecified atom stereocenters. The van der Waals surface area contributed by atoms with Crippen molar-refractivity contribution >= 4 is 48.6 Å². The molecule has 0 spiro atoms. The molecule has 0 bridgehead atoms. The Hall–Kier alpha value is -7.78. The number of fused-ring (bicyclic) bond motifs is 7. The number of thiophene rings is 1. The first kappa shape index (κ1) is 37.0. The Morgan fingerprint density at radius 3 is 1.38 bits per heavy atom. The molecule has 0 fully saturated rings. The molecule has 1 nitrogen and oxygen atoms in total. The zero-order chi connectivity index (χ0) is 41.7. The van der Waals surface area contributed by atoms with E-state index < -0.39 is 5.41 Å².